The maximum absolute atomic E-state index is 12.2. The molecule has 2 aliphatic rings. The van der Waals surface area contributed by atoms with Crippen LogP contribution < -0.4 is 0 Å². The molecule has 2 saturated carbocycles. The number of fused-ring (bicyclic) bond motifs is 2. The zero-order chi connectivity index (χ0) is 10.1. The molecule has 0 aromatic rings. The molecule has 0 heterocycles. The van der Waals surface area contributed by atoms with Crippen LogP contribution >= 0.6 is 45.2 Å². The van der Waals surface area contributed by atoms with Crippen molar-refractivity contribution in [2.45, 2.75) is 35.0 Å². The third-order valence-corrected chi connectivity index (χ3v) is 6.95. The summed E-state index contributed by atoms with van der Waals surface area (Å²) >= 11 is 4.71. The van der Waals surface area contributed by atoms with Crippen molar-refractivity contribution in [3.63, 3.8) is 0 Å². The van der Waals surface area contributed by atoms with Crippen LogP contribution in [0.15, 0.2) is 0 Å². The van der Waals surface area contributed by atoms with Crippen LogP contribution in [0.25, 0.3) is 0 Å². The minimum atomic E-state index is -0.133. The molecule has 0 saturated heterocycles. The molecule has 2 unspecified atom stereocenters. The smallest absolute Gasteiger partial charge is 0.165 e. The molecular formula is C10H14I2O. The third kappa shape index (κ3) is 1.01. The van der Waals surface area contributed by atoms with Crippen molar-refractivity contribution < 1.29 is 4.79 Å². The highest BCUT2D eigenvalue weighted by atomic mass is 127. The lowest BCUT2D eigenvalue weighted by Gasteiger charge is -2.31. The van der Waals surface area contributed by atoms with Crippen molar-refractivity contribution in [2.24, 2.45) is 16.7 Å². The van der Waals surface area contributed by atoms with Crippen LogP contribution in [-0.2, 0) is 4.79 Å². The topological polar surface area (TPSA) is 17.1 Å². The second kappa shape index (κ2) is 2.62. The Morgan fingerprint density at radius 2 is 1.85 bits per heavy atom. The van der Waals surface area contributed by atoms with Gasteiger partial charge < -0.3 is 0 Å². The van der Waals surface area contributed by atoms with Gasteiger partial charge in [0.25, 0.3) is 0 Å². The zero-order valence-electron chi connectivity index (χ0n) is 8.16. The summed E-state index contributed by atoms with van der Waals surface area (Å²) in [6.07, 6.45) is 2.32. The van der Waals surface area contributed by atoms with E-state index in [9.17, 15) is 4.79 Å². The van der Waals surface area contributed by atoms with Crippen molar-refractivity contribution >= 4 is 51.0 Å². The van der Waals surface area contributed by atoms with Crippen molar-refractivity contribution in [1.82, 2.24) is 0 Å². The molecular weight excluding hydrogens is 390 g/mol. The van der Waals surface area contributed by atoms with Gasteiger partial charge in [-0.3, -0.25) is 4.79 Å². The molecule has 2 atom stereocenters. The molecule has 2 bridgehead atoms. The van der Waals surface area contributed by atoms with E-state index in [1.165, 1.54) is 6.42 Å². The van der Waals surface area contributed by atoms with E-state index in [4.69, 9.17) is 0 Å². The number of alkyl halides is 2. The van der Waals surface area contributed by atoms with Crippen LogP contribution in [0.5, 0.6) is 0 Å². The fourth-order valence-corrected chi connectivity index (χ4v) is 6.44. The minimum Gasteiger partial charge on any atom is -0.297 e. The van der Waals surface area contributed by atoms with E-state index in [1.807, 2.05) is 0 Å². The summed E-state index contributed by atoms with van der Waals surface area (Å²) in [6, 6.07) is 0. The molecule has 1 nitrogen and oxygen atoms in total. The fraction of sp³-hybridized carbons (Fsp3) is 0.900. The molecule has 3 heteroatoms. The van der Waals surface area contributed by atoms with Crippen LogP contribution in [0, 0.1) is 16.7 Å². The van der Waals surface area contributed by atoms with Crippen LogP contribution in [0.3, 0.4) is 0 Å². The first-order chi connectivity index (χ1) is 5.74. The average molecular weight is 404 g/mol. The van der Waals surface area contributed by atoms with E-state index in [1.54, 1.807) is 0 Å². The first kappa shape index (κ1) is 10.6. The highest BCUT2D eigenvalue weighted by molar-refractivity contribution is 14.2. The summed E-state index contributed by atoms with van der Waals surface area (Å²) in [5, 5.41) is 0. The van der Waals surface area contributed by atoms with Gasteiger partial charge in [-0.05, 0) is 24.2 Å². The maximum Gasteiger partial charge on any atom is 0.165 e. The fourth-order valence-electron chi connectivity index (χ4n) is 3.07. The van der Waals surface area contributed by atoms with Gasteiger partial charge in [-0.25, -0.2) is 0 Å². The SMILES string of the molecule is CC12CCC(C(I)(I)C1=O)C2(C)C. The van der Waals surface area contributed by atoms with Crippen molar-refractivity contribution in [3.05, 3.63) is 0 Å². The number of carbonyl (C=O) groups excluding carboxylic acids is 1. The second-order valence-electron chi connectivity index (χ2n) is 5.10. The first-order valence-electron chi connectivity index (χ1n) is 4.67. The van der Waals surface area contributed by atoms with Gasteiger partial charge in [-0.1, -0.05) is 66.0 Å². The number of rotatable bonds is 0. The predicted octanol–water partition coefficient (Wildman–Crippen LogP) is 3.58. The number of ketones is 1. The third-order valence-electron chi connectivity index (χ3n) is 4.47. The Kier molecular flexibility index (Phi) is 2.15. The van der Waals surface area contributed by atoms with E-state index in [2.05, 4.69) is 66.0 Å². The largest absolute Gasteiger partial charge is 0.297 e. The molecule has 2 fully saturated rings. The monoisotopic (exact) mass is 404 g/mol. The lowest BCUT2D eigenvalue weighted by molar-refractivity contribution is -0.127. The van der Waals surface area contributed by atoms with Gasteiger partial charge in [-0.2, -0.15) is 0 Å². The second-order valence-corrected chi connectivity index (χ2v) is 10.6. The molecule has 0 N–H and O–H groups in total. The van der Waals surface area contributed by atoms with Crippen LogP contribution in [0.1, 0.15) is 33.6 Å². The summed E-state index contributed by atoms with van der Waals surface area (Å²) in [6.45, 7) is 6.69. The quantitative estimate of drug-likeness (QED) is 0.446. The van der Waals surface area contributed by atoms with Gasteiger partial charge in [0.15, 0.2) is 5.78 Å². The Labute approximate surface area is 107 Å². The van der Waals surface area contributed by atoms with Crippen molar-refractivity contribution in [3.8, 4) is 0 Å². The van der Waals surface area contributed by atoms with Gasteiger partial charge in [0.05, 0.1) is 0 Å². The highest BCUT2D eigenvalue weighted by Gasteiger charge is 2.71. The highest BCUT2D eigenvalue weighted by Crippen LogP contribution is 2.71. The molecule has 13 heavy (non-hydrogen) atoms. The molecule has 0 amide bonds. The standard InChI is InChI=1S/C10H14I2O/c1-8(2)6-4-5-9(8,3)7(13)10(6,11)12/h6H,4-5H2,1-3H3. The lowest BCUT2D eigenvalue weighted by Crippen LogP contribution is -2.36. The van der Waals surface area contributed by atoms with Crippen molar-refractivity contribution in [1.29, 1.82) is 0 Å². The summed E-state index contributed by atoms with van der Waals surface area (Å²) < 4.78 is -0.133. The van der Waals surface area contributed by atoms with E-state index >= 15 is 0 Å². The number of Topliss-reactive ketones (excluding diaryl/α,β-unsaturated/α-hetero) is 1. The molecule has 74 valence electrons. The van der Waals surface area contributed by atoms with E-state index in [0.29, 0.717) is 11.7 Å². The zero-order valence-corrected chi connectivity index (χ0v) is 12.5. The summed E-state index contributed by atoms with van der Waals surface area (Å²) in [5.74, 6) is 1.04. The number of halogens is 2. The average Bonchev–Trinajstić information content (AvgIpc) is 2.26. The molecule has 2 rings (SSSR count). The molecule has 0 aromatic heterocycles. The summed E-state index contributed by atoms with van der Waals surface area (Å²) in [5.41, 5.74) is 0.145. The van der Waals surface area contributed by atoms with Crippen LogP contribution in [0.2, 0.25) is 0 Å². The van der Waals surface area contributed by atoms with Gasteiger partial charge in [0.2, 0.25) is 0 Å². The number of carbonyl (C=O) groups is 1. The summed E-state index contributed by atoms with van der Waals surface area (Å²) in [7, 11) is 0. The van der Waals surface area contributed by atoms with Gasteiger partial charge in [0, 0.05) is 5.41 Å². The lowest BCUT2D eigenvalue weighted by atomic mass is 9.70. The van der Waals surface area contributed by atoms with E-state index in [0.717, 1.165) is 6.42 Å². The molecule has 2 aliphatic carbocycles. The number of hydrogen-bond acceptors (Lipinski definition) is 1. The van der Waals surface area contributed by atoms with E-state index in [-0.39, 0.29) is 12.3 Å². The normalized spacial score (nSPS) is 45.6. The van der Waals surface area contributed by atoms with Crippen molar-refractivity contribution in [2.75, 3.05) is 0 Å². The Morgan fingerprint density at radius 3 is 2.08 bits per heavy atom. The Balaban J connectivity index is 2.58. The Morgan fingerprint density at radius 1 is 1.31 bits per heavy atom. The minimum absolute atomic E-state index is 0.0555. The molecule has 0 aromatic carbocycles. The van der Waals surface area contributed by atoms with Crippen LogP contribution in [0.4, 0.5) is 0 Å². The first-order valence-corrected chi connectivity index (χ1v) is 6.83. The van der Waals surface area contributed by atoms with Gasteiger partial charge >= 0.3 is 0 Å². The molecule has 0 radical (unpaired) electrons. The Bertz CT molecular complexity index is 283. The van der Waals surface area contributed by atoms with Gasteiger partial charge in [-0.15, -0.1) is 0 Å². The molecule has 0 aliphatic heterocycles. The van der Waals surface area contributed by atoms with E-state index < -0.39 is 0 Å². The Hall–Kier alpha value is 1.13. The predicted molar refractivity (Wildman–Crippen MR) is 70.4 cm³/mol. The molecule has 0 spiro atoms. The van der Waals surface area contributed by atoms with Gasteiger partial charge in [0.1, 0.15) is 1.43 Å². The van der Waals surface area contributed by atoms with Crippen LogP contribution in [-0.4, -0.2) is 7.21 Å². The number of hydrogen-bond donors (Lipinski definition) is 0. The summed E-state index contributed by atoms with van der Waals surface area (Å²) in [4.78, 5) is 12.2. The maximum atomic E-state index is 12.2.